The van der Waals surface area contributed by atoms with Crippen LogP contribution < -0.4 is 10.6 Å². The number of hydrogen-bond acceptors (Lipinski definition) is 4. The molecule has 0 aromatic carbocycles. The summed E-state index contributed by atoms with van der Waals surface area (Å²) >= 11 is 3.43. The van der Waals surface area contributed by atoms with Crippen molar-refractivity contribution in [3.8, 4) is 0 Å². The molecule has 1 fully saturated rings. The molecule has 5 nitrogen and oxygen atoms in total. The van der Waals surface area contributed by atoms with Crippen molar-refractivity contribution >= 4 is 27.7 Å². The van der Waals surface area contributed by atoms with Gasteiger partial charge in [0.15, 0.2) is 0 Å². The highest BCUT2D eigenvalue weighted by molar-refractivity contribution is 9.10. The van der Waals surface area contributed by atoms with E-state index < -0.39 is 0 Å². The number of halogens is 1. The molecule has 0 saturated carbocycles. The van der Waals surface area contributed by atoms with Gasteiger partial charge in [-0.2, -0.15) is 0 Å². The molecule has 102 valence electrons. The molecule has 3 rings (SSSR count). The van der Waals surface area contributed by atoms with Gasteiger partial charge in [-0.05, 0) is 40.4 Å². The fraction of sp³-hybridized carbons (Fsp3) is 0.538. The fourth-order valence-corrected chi connectivity index (χ4v) is 3.13. The number of amides is 1. The van der Waals surface area contributed by atoms with E-state index in [4.69, 9.17) is 0 Å². The van der Waals surface area contributed by atoms with Crippen LogP contribution in [0.4, 0.5) is 5.82 Å². The van der Waals surface area contributed by atoms with Crippen molar-refractivity contribution in [2.75, 3.05) is 31.5 Å². The highest BCUT2D eigenvalue weighted by Crippen LogP contribution is 2.24. The number of piperazine rings is 1. The predicted molar refractivity (Wildman–Crippen MR) is 77.1 cm³/mol. The highest BCUT2D eigenvalue weighted by Gasteiger charge is 2.30. The lowest BCUT2D eigenvalue weighted by atomic mass is 10.1. The molecular formula is C13H17BrN4O. The summed E-state index contributed by atoms with van der Waals surface area (Å²) in [5.74, 6) is 0.793. The summed E-state index contributed by atoms with van der Waals surface area (Å²) in [5, 5.41) is 6.28. The number of aryl methyl sites for hydroxylation is 1. The second-order valence-electron chi connectivity index (χ2n) is 4.99. The van der Waals surface area contributed by atoms with Gasteiger partial charge in [-0.3, -0.25) is 9.69 Å². The number of carbonyl (C=O) groups is 1. The zero-order valence-corrected chi connectivity index (χ0v) is 12.2. The molecule has 2 aliphatic rings. The zero-order chi connectivity index (χ0) is 13.2. The molecule has 0 radical (unpaired) electrons. The number of carbonyl (C=O) groups excluding carboxylic acids is 1. The number of nitrogens with one attached hydrogen (secondary N) is 2. The lowest BCUT2D eigenvalue weighted by Crippen LogP contribution is -2.52. The Balaban J connectivity index is 1.79. The zero-order valence-electron chi connectivity index (χ0n) is 10.7. The second-order valence-corrected chi connectivity index (χ2v) is 5.91. The van der Waals surface area contributed by atoms with E-state index in [1.807, 2.05) is 6.07 Å². The van der Waals surface area contributed by atoms with Gasteiger partial charge in [0.1, 0.15) is 5.82 Å². The number of fused-ring (bicyclic) bond motifs is 1. The summed E-state index contributed by atoms with van der Waals surface area (Å²) in [6.45, 7) is 3.79. The SMILES string of the molecule is O=C1Nc2ncc(Br)cc2CCC1N1CCNCC1. The van der Waals surface area contributed by atoms with Crippen molar-refractivity contribution in [2.24, 2.45) is 0 Å². The van der Waals surface area contributed by atoms with Gasteiger partial charge < -0.3 is 10.6 Å². The first-order valence-corrected chi connectivity index (χ1v) is 7.43. The number of hydrogen-bond donors (Lipinski definition) is 2. The molecule has 1 atom stereocenters. The third kappa shape index (κ3) is 2.80. The standard InChI is InChI=1S/C13H17BrN4O/c14-10-7-9-1-2-11(18-5-3-15-4-6-18)13(19)17-12(9)16-8-10/h7-8,11,15H,1-6H2,(H,16,17,19). The van der Waals surface area contributed by atoms with E-state index in [0.29, 0.717) is 5.82 Å². The molecule has 0 bridgehead atoms. The van der Waals surface area contributed by atoms with E-state index in [1.54, 1.807) is 6.20 Å². The van der Waals surface area contributed by atoms with Crippen LogP contribution in [-0.4, -0.2) is 48.0 Å². The van der Waals surface area contributed by atoms with Crippen LogP contribution in [0.5, 0.6) is 0 Å². The maximum absolute atomic E-state index is 12.3. The minimum absolute atomic E-state index is 0.0323. The van der Waals surface area contributed by atoms with Crippen molar-refractivity contribution in [3.63, 3.8) is 0 Å². The van der Waals surface area contributed by atoms with Gasteiger partial charge in [-0.15, -0.1) is 0 Å². The minimum Gasteiger partial charge on any atom is -0.314 e. The number of nitrogens with zero attached hydrogens (tertiary/aromatic N) is 2. The highest BCUT2D eigenvalue weighted by atomic mass is 79.9. The maximum Gasteiger partial charge on any atom is 0.242 e. The van der Waals surface area contributed by atoms with E-state index in [-0.39, 0.29) is 11.9 Å². The predicted octanol–water partition coefficient (Wildman–Crippen LogP) is 1.00. The topological polar surface area (TPSA) is 57.3 Å². The van der Waals surface area contributed by atoms with Crippen LogP contribution in [0.15, 0.2) is 16.7 Å². The first-order chi connectivity index (χ1) is 9.24. The summed E-state index contributed by atoms with van der Waals surface area (Å²) in [7, 11) is 0. The van der Waals surface area contributed by atoms with Crippen molar-refractivity contribution in [1.29, 1.82) is 0 Å². The molecule has 1 aromatic heterocycles. The Labute approximate surface area is 120 Å². The fourth-order valence-electron chi connectivity index (χ4n) is 2.75. The third-order valence-electron chi connectivity index (χ3n) is 3.76. The van der Waals surface area contributed by atoms with Crippen LogP contribution in [0, 0.1) is 0 Å². The summed E-state index contributed by atoms with van der Waals surface area (Å²) in [5.41, 5.74) is 1.11. The molecule has 0 aliphatic carbocycles. The van der Waals surface area contributed by atoms with Crippen LogP contribution in [0.3, 0.4) is 0 Å². The summed E-state index contributed by atoms with van der Waals surface area (Å²) in [6.07, 6.45) is 3.47. The van der Waals surface area contributed by atoms with E-state index in [2.05, 4.69) is 36.4 Å². The van der Waals surface area contributed by atoms with E-state index in [9.17, 15) is 4.79 Å². The molecule has 2 N–H and O–H groups in total. The molecular weight excluding hydrogens is 308 g/mol. The molecule has 6 heteroatoms. The number of aromatic nitrogens is 1. The molecule has 3 heterocycles. The average Bonchev–Trinajstić information content (AvgIpc) is 2.58. The molecule has 0 spiro atoms. The van der Waals surface area contributed by atoms with Gasteiger partial charge in [0.05, 0.1) is 6.04 Å². The average molecular weight is 325 g/mol. The summed E-state index contributed by atoms with van der Waals surface area (Å²) < 4.78 is 0.959. The normalized spacial score (nSPS) is 24.5. The van der Waals surface area contributed by atoms with Gasteiger partial charge in [0, 0.05) is 36.8 Å². The molecule has 1 aromatic rings. The van der Waals surface area contributed by atoms with Gasteiger partial charge in [-0.25, -0.2) is 4.98 Å². The summed E-state index contributed by atoms with van der Waals surface area (Å²) in [4.78, 5) is 18.9. The van der Waals surface area contributed by atoms with Crippen molar-refractivity contribution < 1.29 is 4.79 Å². The van der Waals surface area contributed by atoms with E-state index in [0.717, 1.165) is 49.1 Å². The molecule has 2 aliphatic heterocycles. The molecule has 1 unspecified atom stereocenters. The number of anilines is 1. The first-order valence-electron chi connectivity index (χ1n) is 6.64. The molecule has 19 heavy (non-hydrogen) atoms. The molecule has 1 saturated heterocycles. The second kappa shape index (κ2) is 5.56. The minimum atomic E-state index is -0.0323. The lowest BCUT2D eigenvalue weighted by Gasteiger charge is -2.33. The smallest absolute Gasteiger partial charge is 0.242 e. The maximum atomic E-state index is 12.3. The van der Waals surface area contributed by atoms with Crippen LogP contribution in [0.2, 0.25) is 0 Å². The van der Waals surface area contributed by atoms with E-state index in [1.165, 1.54) is 0 Å². The molecule has 1 amide bonds. The van der Waals surface area contributed by atoms with Crippen molar-refractivity contribution in [2.45, 2.75) is 18.9 Å². The van der Waals surface area contributed by atoms with Crippen molar-refractivity contribution in [3.05, 3.63) is 22.3 Å². The Bertz CT molecular complexity index is 488. The van der Waals surface area contributed by atoms with Gasteiger partial charge in [-0.1, -0.05) is 0 Å². The third-order valence-corrected chi connectivity index (χ3v) is 4.19. The largest absolute Gasteiger partial charge is 0.314 e. The monoisotopic (exact) mass is 324 g/mol. The van der Waals surface area contributed by atoms with Crippen molar-refractivity contribution in [1.82, 2.24) is 15.2 Å². The van der Waals surface area contributed by atoms with Gasteiger partial charge >= 0.3 is 0 Å². The Morgan fingerprint density at radius 3 is 2.95 bits per heavy atom. The lowest BCUT2D eigenvalue weighted by molar-refractivity contribution is -0.121. The Hall–Kier alpha value is -0.980. The van der Waals surface area contributed by atoms with Crippen LogP contribution in [0.1, 0.15) is 12.0 Å². The Morgan fingerprint density at radius 2 is 2.16 bits per heavy atom. The number of pyridine rings is 1. The Kier molecular flexibility index (Phi) is 3.81. The van der Waals surface area contributed by atoms with Gasteiger partial charge in [0.2, 0.25) is 5.91 Å². The number of rotatable bonds is 1. The summed E-state index contributed by atoms with van der Waals surface area (Å²) in [6, 6.07) is 2.01. The first kappa shape index (κ1) is 13.0. The van der Waals surface area contributed by atoms with Crippen LogP contribution in [0.25, 0.3) is 0 Å². The van der Waals surface area contributed by atoms with Gasteiger partial charge in [0.25, 0.3) is 0 Å². The van der Waals surface area contributed by atoms with E-state index >= 15 is 0 Å². The van der Waals surface area contributed by atoms with Crippen LogP contribution in [-0.2, 0) is 11.2 Å². The van der Waals surface area contributed by atoms with Crippen LogP contribution >= 0.6 is 15.9 Å². The Morgan fingerprint density at radius 1 is 1.37 bits per heavy atom. The quantitative estimate of drug-likeness (QED) is 0.809.